The van der Waals surface area contributed by atoms with E-state index in [0.717, 1.165) is 16.7 Å². The van der Waals surface area contributed by atoms with Crippen LogP contribution in [0.15, 0.2) is 60.7 Å². The monoisotopic (exact) mass is 322 g/mol. The molecule has 0 saturated heterocycles. The number of aryl methyl sites for hydroxylation is 1. The highest BCUT2D eigenvalue weighted by molar-refractivity contribution is 5.66. The number of ether oxygens (including phenoxy) is 1. The first-order valence-electron chi connectivity index (χ1n) is 7.56. The van der Waals surface area contributed by atoms with Crippen LogP contribution < -0.4 is 4.74 Å². The molecule has 0 aliphatic carbocycles. The molecule has 0 fully saturated rings. The van der Waals surface area contributed by atoms with Crippen LogP contribution in [0.5, 0.6) is 23.0 Å². The van der Waals surface area contributed by atoms with Crippen molar-refractivity contribution in [2.24, 2.45) is 0 Å². The number of rotatable bonds is 4. The first-order valence-corrected chi connectivity index (χ1v) is 7.56. The molecule has 0 atom stereocenters. The fraction of sp³-hybridized carbons (Fsp3) is 0.100. The third kappa shape index (κ3) is 3.43. The molecule has 0 radical (unpaired) electrons. The standard InChI is InChI=1S/C20H18O4/c1-13-2-6-18(22)11-20(13)24-12-16-10-15(5-9-19(16)23)14-3-7-17(21)8-4-14/h2-11,21-23H,12H2,1H3. The molecular formula is C20H18O4. The fourth-order valence-electron chi connectivity index (χ4n) is 2.43. The van der Waals surface area contributed by atoms with Crippen molar-refractivity contribution in [2.75, 3.05) is 0 Å². The average molecular weight is 322 g/mol. The zero-order chi connectivity index (χ0) is 17.1. The van der Waals surface area contributed by atoms with Gasteiger partial charge in [0.1, 0.15) is 29.6 Å². The van der Waals surface area contributed by atoms with Gasteiger partial charge in [0.25, 0.3) is 0 Å². The Morgan fingerprint density at radius 2 is 1.42 bits per heavy atom. The second kappa shape index (κ2) is 6.54. The molecule has 0 bridgehead atoms. The molecule has 0 aromatic heterocycles. The summed E-state index contributed by atoms with van der Waals surface area (Å²) in [7, 11) is 0. The van der Waals surface area contributed by atoms with Crippen molar-refractivity contribution in [3.8, 4) is 34.1 Å². The van der Waals surface area contributed by atoms with Gasteiger partial charge >= 0.3 is 0 Å². The molecule has 24 heavy (non-hydrogen) atoms. The van der Waals surface area contributed by atoms with Gasteiger partial charge in [0.15, 0.2) is 0 Å². The summed E-state index contributed by atoms with van der Waals surface area (Å²) < 4.78 is 5.73. The van der Waals surface area contributed by atoms with E-state index in [1.54, 1.807) is 36.4 Å². The van der Waals surface area contributed by atoms with E-state index in [-0.39, 0.29) is 23.9 Å². The highest BCUT2D eigenvalue weighted by Gasteiger charge is 2.08. The summed E-state index contributed by atoms with van der Waals surface area (Å²) in [6, 6.07) is 17.1. The molecule has 0 aliphatic rings. The number of phenolic OH excluding ortho intramolecular Hbond substituents is 3. The Morgan fingerprint density at radius 3 is 2.17 bits per heavy atom. The quantitative estimate of drug-likeness (QED) is 0.667. The van der Waals surface area contributed by atoms with E-state index in [1.807, 2.05) is 31.2 Å². The summed E-state index contributed by atoms with van der Waals surface area (Å²) >= 11 is 0. The van der Waals surface area contributed by atoms with Crippen LogP contribution in [0.25, 0.3) is 11.1 Å². The average Bonchev–Trinajstić information content (AvgIpc) is 2.58. The molecule has 0 amide bonds. The minimum absolute atomic E-state index is 0.137. The van der Waals surface area contributed by atoms with Crippen LogP contribution in [0.1, 0.15) is 11.1 Å². The molecule has 4 nitrogen and oxygen atoms in total. The lowest BCUT2D eigenvalue weighted by molar-refractivity contribution is 0.295. The van der Waals surface area contributed by atoms with Crippen LogP contribution in [-0.2, 0) is 6.61 Å². The largest absolute Gasteiger partial charge is 0.508 e. The maximum absolute atomic E-state index is 10.1. The first-order chi connectivity index (χ1) is 11.5. The van der Waals surface area contributed by atoms with Gasteiger partial charge in [-0.25, -0.2) is 0 Å². The molecule has 0 saturated carbocycles. The molecule has 3 N–H and O–H groups in total. The van der Waals surface area contributed by atoms with Crippen LogP contribution in [0, 0.1) is 6.92 Å². The van der Waals surface area contributed by atoms with E-state index in [4.69, 9.17) is 4.74 Å². The fourth-order valence-corrected chi connectivity index (χ4v) is 2.43. The Kier molecular flexibility index (Phi) is 4.29. The smallest absolute Gasteiger partial charge is 0.126 e. The summed E-state index contributed by atoms with van der Waals surface area (Å²) in [5, 5.41) is 29.0. The molecule has 3 rings (SSSR count). The van der Waals surface area contributed by atoms with Gasteiger partial charge in [-0.3, -0.25) is 0 Å². The van der Waals surface area contributed by atoms with Crippen molar-refractivity contribution in [1.29, 1.82) is 0 Å². The zero-order valence-electron chi connectivity index (χ0n) is 13.2. The van der Waals surface area contributed by atoms with Crippen LogP contribution in [0.4, 0.5) is 0 Å². The number of aromatic hydroxyl groups is 3. The third-order valence-corrected chi connectivity index (χ3v) is 3.84. The Labute approximate surface area is 140 Å². The van der Waals surface area contributed by atoms with E-state index in [2.05, 4.69) is 0 Å². The number of hydrogen-bond acceptors (Lipinski definition) is 4. The van der Waals surface area contributed by atoms with Gasteiger partial charge in [0.2, 0.25) is 0 Å². The lowest BCUT2D eigenvalue weighted by Crippen LogP contribution is -1.98. The highest BCUT2D eigenvalue weighted by Crippen LogP contribution is 2.29. The second-order valence-corrected chi connectivity index (χ2v) is 5.63. The molecule has 0 heterocycles. The van der Waals surface area contributed by atoms with E-state index >= 15 is 0 Å². The van der Waals surface area contributed by atoms with E-state index in [0.29, 0.717) is 11.3 Å². The Bertz CT molecular complexity index is 854. The maximum Gasteiger partial charge on any atom is 0.126 e. The molecule has 3 aromatic carbocycles. The van der Waals surface area contributed by atoms with Gasteiger partial charge in [-0.1, -0.05) is 24.3 Å². The van der Waals surface area contributed by atoms with Crippen LogP contribution in [-0.4, -0.2) is 15.3 Å². The summed E-state index contributed by atoms with van der Waals surface area (Å²) in [6.07, 6.45) is 0. The van der Waals surface area contributed by atoms with Crippen LogP contribution in [0.3, 0.4) is 0 Å². The van der Waals surface area contributed by atoms with Crippen LogP contribution in [0.2, 0.25) is 0 Å². The molecule has 0 aliphatic heterocycles. The van der Waals surface area contributed by atoms with Crippen molar-refractivity contribution in [3.05, 3.63) is 71.8 Å². The van der Waals surface area contributed by atoms with Crippen molar-refractivity contribution in [2.45, 2.75) is 13.5 Å². The van der Waals surface area contributed by atoms with E-state index in [9.17, 15) is 15.3 Å². The molecule has 4 heteroatoms. The lowest BCUT2D eigenvalue weighted by atomic mass is 10.0. The third-order valence-electron chi connectivity index (χ3n) is 3.84. The van der Waals surface area contributed by atoms with Crippen molar-refractivity contribution < 1.29 is 20.1 Å². The lowest BCUT2D eigenvalue weighted by Gasteiger charge is -2.12. The van der Waals surface area contributed by atoms with Gasteiger partial charge in [-0.05, 0) is 53.9 Å². The molecule has 0 spiro atoms. The molecule has 0 unspecified atom stereocenters. The zero-order valence-corrected chi connectivity index (χ0v) is 13.2. The number of benzene rings is 3. The predicted octanol–water partition coefficient (Wildman–Crippen LogP) is 4.36. The Morgan fingerprint density at radius 1 is 0.750 bits per heavy atom. The van der Waals surface area contributed by atoms with Crippen LogP contribution >= 0.6 is 0 Å². The summed E-state index contributed by atoms with van der Waals surface area (Å²) in [5.41, 5.74) is 3.40. The first kappa shape index (κ1) is 15.7. The van der Waals surface area contributed by atoms with Gasteiger partial charge in [0, 0.05) is 11.6 Å². The van der Waals surface area contributed by atoms with Gasteiger partial charge in [-0.15, -0.1) is 0 Å². The predicted molar refractivity (Wildman–Crippen MR) is 92.4 cm³/mol. The van der Waals surface area contributed by atoms with E-state index < -0.39 is 0 Å². The summed E-state index contributed by atoms with van der Waals surface area (Å²) in [5.74, 6) is 1.07. The number of phenols is 3. The normalized spacial score (nSPS) is 10.5. The van der Waals surface area contributed by atoms with Crippen molar-refractivity contribution in [1.82, 2.24) is 0 Å². The highest BCUT2D eigenvalue weighted by atomic mass is 16.5. The summed E-state index contributed by atoms with van der Waals surface area (Å²) in [4.78, 5) is 0. The van der Waals surface area contributed by atoms with Crippen molar-refractivity contribution >= 4 is 0 Å². The SMILES string of the molecule is Cc1ccc(O)cc1OCc1cc(-c2ccc(O)cc2)ccc1O. The minimum atomic E-state index is 0.137. The molecule has 3 aromatic rings. The van der Waals surface area contributed by atoms with Gasteiger partial charge in [-0.2, -0.15) is 0 Å². The van der Waals surface area contributed by atoms with Gasteiger partial charge < -0.3 is 20.1 Å². The topological polar surface area (TPSA) is 69.9 Å². The Hall–Kier alpha value is -3.14. The van der Waals surface area contributed by atoms with E-state index in [1.165, 1.54) is 0 Å². The number of hydrogen-bond donors (Lipinski definition) is 3. The van der Waals surface area contributed by atoms with Gasteiger partial charge in [0.05, 0.1) is 0 Å². The molecule has 122 valence electrons. The molecular weight excluding hydrogens is 304 g/mol. The Balaban J connectivity index is 1.84. The summed E-state index contributed by atoms with van der Waals surface area (Å²) in [6.45, 7) is 2.07. The maximum atomic E-state index is 10.1. The second-order valence-electron chi connectivity index (χ2n) is 5.63. The van der Waals surface area contributed by atoms with Crippen molar-refractivity contribution in [3.63, 3.8) is 0 Å². The minimum Gasteiger partial charge on any atom is -0.508 e.